The van der Waals surface area contributed by atoms with Gasteiger partial charge in [0, 0.05) is 35.2 Å². The summed E-state index contributed by atoms with van der Waals surface area (Å²) in [4.78, 5) is 24.4. The van der Waals surface area contributed by atoms with Crippen LogP contribution in [0.1, 0.15) is 10.4 Å². The van der Waals surface area contributed by atoms with Gasteiger partial charge in [-0.1, -0.05) is 24.3 Å². The van der Waals surface area contributed by atoms with Crippen LogP contribution in [-0.2, 0) is 19.6 Å². The molecule has 1 N–H and O–H groups in total. The number of anilines is 1. The highest BCUT2D eigenvalue weighted by atomic mass is 32.2. The van der Waals surface area contributed by atoms with Crippen molar-refractivity contribution in [2.45, 2.75) is 4.90 Å². The molecule has 0 fully saturated rings. The van der Waals surface area contributed by atoms with Gasteiger partial charge in [0.2, 0.25) is 10.0 Å². The summed E-state index contributed by atoms with van der Waals surface area (Å²) >= 11 is 1.42. The maximum absolute atomic E-state index is 12.3. The van der Waals surface area contributed by atoms with E-state index >= 15 is 0 Å². The van der Waals surface area contributed by atoms with Gasteiger partial charge in [-0.2, -0.15) is 0 Å². The van der Waals surface area contributed by atoms with Crippen molar-refractivity contribution in [2.75, 3.05) is 26.0 Å². The minimum absolute atomic E-state index is 0.0528. The fraction of sp³-hybridized carbons (Fsp3) is 0.158. The number of hydrogen-bond acceptors (Lipinski definition) is 6. The van der Waals surface area contributed by atoms with Crippen LogP contribution in [0.3, 0.4) is 0 Å². The minimum Gasteiger partial charge on any atom is -0.452 e. The van der Waals surface area contributed by atoms with Crippen molar-refractivity contribution in [2.24, 2.45) is 0 Å². The summed E-state index contributed by atoms with van der Waals surface area (Å²) in [5.41, 5.74) is 0.706. The summed E-state index contributed by atoms with van der Waals surface area (Å²) in [6, 6.07) is 13.3. The number of thiophene rings is 1. The molecule has 0 spiro atoms. The Labute approximate surface area is 166 Å². The third-order valence-electron chi connectivity index (χ3n) is 3.93. The van der Waals surface area contributed by atoms with Crippen LogP contribution < -0.4 is 5.32 Å². The summed E-state index contributed by atoms with van der Waals surface area (Å²) in [5.74, 6) is -1.15. The van der Waals surface area contributed by atoms with Gasteiger partial charge in [0.25, 0.3) is 5.91 Å². The summed E-state index contributed by atoms with van der Waals surface area (Å²) < 4.78 is 31.5. The molecule has 146 valence electrons. The van der Waals surface area contributed by atoms with Crippen molar-refractivity contribution in [3.05, 3.63) is 59.5 Å². The Morgan fingerprint density at radius 3 is 2.61 bits per heavy atom. The SMILES string of the molecule is CN(C)S(=O)(=O)c1cccc(NC(=O)COC(=O)c2csc3ccccc23)c1. The number of fused-ring (bicyclic) bond motifs is 1. The van der Waals surface area contributed by atoms with Crippen LogP contribution in [0, 0.1) is 0 Å². The van der Waals surface area contributed by atoms with Gasteiger partial charge in [-0.25, -0.2) is 17.5 Å². The molecule has 0 unspecified atom stereocenters. The van der Waals surface area contributed by atoms with Gasteiger partial charge < -0.3 is 10.1 Å². The second-order valence-corrected chi connectivity index (χ2v) is 9.15. The predicted octanol–water partition coefficient (Wildman–Crippen LogP) is 2.95. The van der Waals surface area contributed by atoms with Crippen LogP contribution in [0.5, 0.6) is 0 Å². The maximum atomic E-state index is 12.3. The van der Waals surface area contributed by atoms with E-state index in [1.54, 1.807) is 11.4 Å². The van der Waals surface area contributed by atoms with E-state index in [4.69, 9.17) is 4.74 Å². The quantitative estimate of drug-likeness (QED) is 0.622. The van der Waals surface area contributed by atoms with Gasteiger partial charge in [0.05, 0.1) is 10.5 Å². The first-order valence-corrected chi connectivity index (χ1v) is 10.6. The van der Waals surface area contributed by atoms with Crippen LogP contribution in [0.4, 0.5) is 5.69 Å². The van der Waals surface area contributed by atoms with E-state index in [9.17, 15) is 18.0 Å². The number of rotatable bonds is 6. The highest BCUT2D eigenvalue weighted by molar-refractivity contribution is 7.89. The van der Waals surface area contributed by atoms with Gasteiger partial charge in [-0.15, -0.1) is 11.3 Å². The maximum Gasteiger partial charge on any atom is 0.340 e. The van der Waals surface area contributed by atoms with E-state index in [2.05, 4.69) is 5.32 Å². The Bertz CT molecular complexity index is 1140. The van der Waals surface area contributed by atoms with Crippen LogP contribution in [0.15, 0.2) is 58.8 Å². The lowest BCUT2D eigenvalue weighted by atomic mass is 10.2. The summed E-state index contributed by atoms with van der Waals surface area (Å²) in [5, 5.41) is 5.01. The molecule has 3 rings (SSSR count). The number of hydrogen-bond donors (Lipinski definition) is 1. The van der Waals surface area contributed by atoms with Gasteiger partial charge in [-0.3, -0.25) is 4.79 Å². The van der Waals surface area contributed by atoms with Crippen LogP contribution >= 0.6 is 11.3 Å². The number of esters is 1. The molecule has 0 aliphatic rings. The molecule has 0 aliphatic carbocycles. The van der Waals surface area contributed by atoms with E-state index in [1.807, 2.05) is 24.3 Å². The van der Waals surface area contributed by atoms with Crippen molar-refractivity contribution >= 4 is 49.0 Å². The second kappa shape index (κ2) is 8.09. The molecule has 9 heteroatoms. The fourth-order valence-electron chi connectivity index (χ4n) is 2.49. The number of carbonyl (C=O) groups excluding carboxylic acids is 2. The Morgan fingerprint density at radius 1 is 1.11 bits per heavy atom. The smallest absolute Gasteiger partial charge is 0.340 e. The Kier molecular flexibility index (Phi) is 5.78. The lowest BCUT2D eigenvalue weighted by Gasteiger charge is -2.12. The number of ether oxygens (including phenoxy) is 1. The third-order valence-corrected chi connectivity index (χ3v) is 6.71. The molecule has 28 heavy (non-hydrogen) atoms. The van der Waals surface area contributed by atoms with Crippen molar-refractivity contribution in [1.29, 1.82) is 0 Å². The zero-order valence-corrected chi connectivity index (χ0v) is 16.8. The average Bonchev–Trinajstić information content (AvgIpc) is 3.10. The van der Waals surface area contributed by atoms with Crippen molar-refractivity contribution in [3.63, 3.8) is 0 Å². The minimum atomic E-state index is -3.61. The molecule has 1 aromatic heterocycles. The number of sulfonamides is 1. The van der Waals surface area contributed by atoms with E-state index < -0.39 is 28.5 Å². The van der Waals surface area contributed by atoms with Crippen molar-refractivity contribution in [3.8, 4) is 0 Å². The van der Waals surface area contributed by atoms with Crippen molar-refractivity contribution in [1.82, 2.24) is 4.31 Å². The summed E-state index contributed by atoms with van der Waals surface area (Å²) in [6.45, 7) is -0.479. The van der Waals surface area contributed by atoms with E-state index in [0.717, 1.165) is 14.4 Å². The van der Waals surface area contributed by atoms with Gasteiger partial charge in [0.1, 0.15) is 0 Å². The number of carbonyl (C=O) groups is 2. The Balaban J connectivity index is 1.64. The average molecular weight is 418 g/mol. The van der Waals surface area contributed by atoms with E-state index in [-0.39, 0.29) is 4.90 Å². The van der Waals surface area contributed by atoms with E-state index in [0.29, 0.717) is 11.3 Å². The molecule has 1 heterocycles. The highest BCUT2D eigenvalue weighted by Crippen LogP contribution is 2.26. The molecule has 0 atom stereocenters. The number of amides is 1. The third kappa shape index (κ3) is 4.22. The van der Waals surface area contributed by atoms with Crippen molar-refractivity contribution < 1.29 is 22.7 Å². The predicted molar refractivity (Wildman–Crippen MR) is 108 cm³/mol. The van der Waals surface area contributed by atoms with Crippen LogP contribution in [-0.4, -0.2) is 45.3 Å². The lowest BCUT2D eigenvalue weighted by molar-refractivity contribution is -0.119. The molecule has 2 aromatic carbocycles. The highest BCUT2D eigenvalue weighted by Gasteiger charge is 2.18. The summed E-state index contributed by atoms with van der Waals surface area (Å²) in [6.07, 6.45) is 0. The second-order valence-electron chi connectivity index (χ2n) is 6.09. The standard InChI is InChI=1S/C19H18N2O5S2/c1-21(2)28(24,25)14-7-5-6-13(10-14)20-18(22)11-26-19(23)16-12-27-17-9-4-3-8-15(16)17/h3-10,12H,11H2,1-2H3,(H,20,22). The molecule has 0 saturated heterocycles. The molecule has 1 amide bonds. The number of nitrogens with zero attached hydrogens (tertiary/aromatic N) is 1. The fourth-order valence-corrected chi connectivity index (χ4v) is 4.37. The molecular weight excluding hydrogens is 400 g/mol. The summed E-state index contributed by atoms with van der Waals surface area (Å²) in [7, 11) is -0.764. The molecular formula is C19H18N2O5S2. The zero-order valence-electron chi connectivity index (χ0n) is 15.2. The zero-order chi connectivity index (χ0) is 20.3. The van der Waals surface area contributed by atoms with Crippen LogP contribution in [0.25, 0.3) is 10.1 Å². The lowest BCUT2D eigenvalue weighted by Crippen LogP contribution is -2.23. The normalized spacial score (nSPS) is 11.5. The topological polar surface area (TPSA) is 92.8 Å². The number of benzene rings is 2. The van der Waals surface area contributed by atoms with Crippen LogP contribution in [0.2, 0.25) is 0 Å². The molecule has 0 bridgehead atoms. The molecule has 7 nitrogen and oxygen atoms in total. The first kappa shape index (κ1) is 20.0. The molecule has 3 aromatic rings. The molecule has 0 saturated carbocycles. The first-order chi connectivity index (χ1) is 13.3. The number of nitrogens with one attached hydrogen (secondary N) is 1. The van der Waals surface area contributed by atoms with Gasteiger partial charge in [-0.05, 0) is 24.3 Å². The van der Waals surface area contributed by atoms with Gasteiger partial charge >= 0.3 is 5.97 Å². The monoisotopic (exact) mass is 418 g/mol. The molecule has 0 aliphatic heterocycles. The first-order valence-electron chi connectivity index (χ1n) is 8.25. The Hall–Kier alpha value is -2.75. The molecule has 0 radical (unpaired) electrons. The largest absolute Gasteiger partial charge is 0.452 e. The Morgan fingerprint density at radius 2 is 1.86 bits per heavy atom. The van der Waals surface area contributed by atoms with E-state index in [1.165, 1.54) is 43.6 Å². The van der Waals surface area contributed by atoms with Gasteiger partial charge in [0.15, 0.2) is 6.61 Å².